The Balaban J connectivity index is 1.86. The first-order chi connectivity index (χ1) is 8.31. The number of halogens is 1. The molecule has 1 aliphatic rings. The zero-order chi connectivity index (χ0) is 12.1. The van der Waals surface area contributed by atoms with Crippen molar-refractivity contribution in [1.29, 1.82) is 0 Å². The van der Waals surface area contributed by atoms with E-state index in [9.17, 15) is 4.39 Å². The van der Waals surface area contributed by atoms with Crippen molar-refractivity contribution in [1.82, 2.24) is 14.9 Å². The third kappa shape index (κ3) is 3.12. The zero-order valence-corrected chi connectivity index (χ0v) is 9.93. The number of nitrogens with zero attached hydrogens (tertiary/aromatic N) is 4. The molecule has 4 nitrogen and oxygen atoms in total. The van der Waals surface area contributed by atoms with Crippen molar-refractivity contribution in [3.63, 3.8) is 0 Å². The van der Waals surface area contributed by atoms with Crippen molar-refractivity contribution in [3.8, 4) is 0 Å². The van der Waals surface area contributed by atoms with E-state index in [1.807, 2.05) is 4.90 Å². The average Bonchev–Trinajstić information content (AvgIpc) is 2.40. The van der Waals surface area contributed by atoms with E-state index in [4.69, 9.17) is 0 Å². The molecule has 0 aromatic carbocycles. The van der Waals surface area contributed by atoms with E-state index < -0.39 is 6.30 Å². The summed E-state index contributed by atoms with van der Waals surface area (Å²) in [5, 5.41) is 0. The number of rotatable bonds is 4. The molecule has 1 fully saturated rings. The maximum absolute atomic E-state index is 13.7. The second kappa shape index (κ2) is 5.91. The van der Waals surface area contributed by atoms with E-state index in [-0.39, 0.29) is 0 Å². The van der Waals surface area contributed by atoms with Crippen molar-refractivity contribution < 1.29 is 4.39 Å². The van der Waals surface area contributed by atoms with Crippen LogP contribution in [0.3, 0.4) is 0 Å². The van der Waals surface area contributed by atoms with Gasteiger partial charge in [0.1, 0.15) is 0 Å². The standard InChI is InChI=1S/C12H18FN4/c1-2-4-11(13)16-7-9-17(10-8-16)12-14-5-3-6-15-12/h3,5-6,11H,1-2,4,7-10H2. The maximum atomic E-state index is 13.7. The molecule has 2 rings (SSSR count). The zero-order valence-electron chi connectivity index (χ0n) is 9.93. The summed E-state index contributed by atoms with van der Waals surface area (Å²) in [5.41, 5.74) is 0. The first-order valence-electron chi connectivity index (χ1n) is 6.00. The number of alkyl halides is 1. The summed E-state index contributed by atoms with van der Waals surface area (Å²) in [4.78, 5) is 12.4. The highest BCUT2D eigenvalue weighted by atomic mass is 19.1. The van der Waals surface area contributed by atoms with Crippen LogP contribution in [0.4, 0.5) is 10.3 Å². The predicted octanol–water partition coefficient (Wildman–Crippen LogP) is 1.51. The van der Waals surface area contributed by atoms with Gasteiger partial charge in [-0.25, -0.2) is 14.4 Å². The molecule has 1 atom stereocenters. The Morgan fingerprint density at radius 1 is 1.24 bits per heavy atom. The SMILES string of the molecule is [CH2]CCC(F)N1CCN(c2ncccn2)CC1. The van der Waals surface area contributed by atoms with Gasteiger partial charge in [0.2, 0.25) is 5.95 Å². The molecule has 1 saturated heterocycles. The topological polar surface area (TPSA) is 32.3 Å². The van der Waals surface area contributed by atoms with Gasteiger partial charge in [0.05, 0.1) is 0 Å². The quantitative estimate of drug-likeness (QED) is 0.743. The van der Waals surface area contributed by atoms with E-state index in [1.54, 1.807) is 18.5 Å². The molecule has 1 aromatic rings. The first-order valence-corrected chi connectivity index (χ1v) is 6.00. The summed E-state index contributed by atoms with van der Waals surface area (Å²) in [5.74, 6) is 0.736. The van der Waals surface area contributed by atoms with E-state index in [0.717, 1.165) is 32.1 Å². The summed E-state index contributed by atoms with van der Waals surface area (Å²) in [6, 6.07) is 1.80. The summed E-state index contributed by atoms with van der Waals surface area (Å²) < 4.78 is 13.7. The molecule has 1 unspecified atom stereocenters. The molecular weight excluding hydrogens is 219 g/mol. The Bertz CT molecular complexity index is 325. The summed E-state index contributed by atoms with van der Waals surface area (Å²) in [6.45, 7) is 6.69. The Morgan fingerprint density at radius 2 is 1.88 bits per heavy atom. The lowest BCUT2D eigenvalue weighted by Gasteiger charge is -2.36. The van der Waals surface area contributed by atoms with Crippen LogP contribution in [0.5, 0.6) is 0 Å². The number of hydrogen-bond donors (Lipinski definition) is 0. The molecular formula is C12H18FN4. The van der Waals surface area contributed by atoms with Crippen LogP contribution < -0.4 is 4.90 Å². The minimum absolute atomic E-state index is 0.516. The van der Waals surface area contributed by atoms with Gasteiger partial charge < -0.3 is 4.90 Å². The lowest BCUT2D eigenvalue weighted by Crippen LogP contribution is -2.49. The molecule has 2 heterocycles. The number of piperazine rings is 1. The molecule has 0 spiro atoms. The predicted molar refractivity (Wildman–Crippen MR) is 65.3 cm³/mol. The second-order valence-electron chi connectivity index (χ2n) is 4.15. The van der Waals surface area contributed by atoms with E-state index in [1.165, 1.54) is 0 Å². The van der Waals surface area contributed by atoms with Gasteiger partial charge in [-0.05, 0) is 18.9 Å². The van der Waals surface area contributed by atoms with Crippen LogP contribution in [0, 0.1) is 6.92 Å². The van der Waals surface area contributed by atoms with Gasteiger partial charge in [-0.3, -0.25) is 4.90 Å². The summed E-state index contributed by atoms with van der Waals surface area (Å²) in [6.07, 6.45) is 3.77. The van der Waals surface area contributed by atoms with Crippen molar-refractivity contribution in [3.05, 3.63) is 25.4 Å². The van der Waals surface area contributed by atoms with Crippen molar-refractivity contribution in [2.75, 3.05) is 31.1 Å². The third-order valence-electron chi connectivity index (χ3n) is 2.99. The fraction of sp³-hybridized carbons (Fsp3) is 0.583. The van der Waals surface area contributed by atoms with Crippen LogP contribution >= 0.6 is 0 Å². The number of aromatic nitrogens is 2. The molecule has 0 amide bonds. The average molecular weight is 237 g/mol. The number of anilines is 1. The summed E-state index contributed by atoms with van der Waals surface area (Å²) in [7, 11) is 0. The smallest absolute Gasteiger partial charge is 0.225 e. The Kier molecular flexibility index (Phi) is 4.25. The normalized spacial score (nSPS) is 19.3. The van der Waals surface area contributed by atoms with Crippen molar-refractivity contribution in [2.45, 2.75) is 19.1 Å². The molecule has 17 heavy (non-hydrogen) atoms. The van der Waals surface area contributed by atoms with Crippen LogP contribution in [-0.2, 0) is 0 Å². The largest absolute Gasteiger partial charge is 0.338 e. The molecule has 0 aliphatic carbocycles. The molecule has 1 radical (unpaired) electrons. The van der Waals surface area contributed by atoms with Crippen molar-refractivity contribution in [2.24, 2.45) is 0 Å². The van der Waals surface area contributed by atoms with E-state index >= 15 is 0 Å². The fourth-order valence-electron chi connectivity index (χ4n) is 2.01. The Labute approximate surface area is 101 Å². The molecule has 93 valence electrons. The van der Waals surface area contributed by atoms with Gasteiger partial charge in [0.25, 0.3) is 0 Å². The molecule has 0 bridgehead atoms. The van der Waals surface area contributed by atoms with Crippen LogP contribution in [-0.4, -0.2) is 47.3 Å². The highest BCUT2D eigenvalue weighted by Gasteiger charge is 2.23. The minimum Gasteiger partial charge on any atom is -0.338 e. The van der Waals surface area contributed by atoms with E-state index in [0.29, 0.717) is 12.8 Å². The lowest BCUT2D eigenvalue weighted by atomic mass is 10.2. The van der Waals surface area contributed by atoms with Gasteiger partial charge >= 0.3 is 0 Å². The highest BCUT2D eigenvalue weighted by Crippen LogP contribution is 2.14. The number of hydrogen-bond acceptors (Lipinski definition) is 4. The highest BCUT2D eigenvalue weighted by molar-refractivity contribution is 5.29. The third-order valence-corrected chi connectivity index (χ3v) is 2.99. The Hall–Kier alpha value is -1.23. The van der Waals surface area contributed by atoms with Gasteiger partial charge in [-0.15, -0.1) is 0 Å². The maximum Gasteiger partial charge on any atom is 0.225 e. The van der Waals surface area contributed by atoms with Crippen molar-refractivity contribution >= 4 is 5.95 Å². The van der Waals surface area contributed by atoms with Crippen LogP contribution in [0.1, 0.15) is 12.8 Å². The monoisotopic (exact) mass is 237 g/mol. The van der Waals surface area contributed by atoms with Crippen LogP contribution in [0.25, 0.3) is 0 Å². The second-order valence-corrected chi connectivity index (χ2v) is 4.15. The first kappa shape index (κ1) is 12.2. The summed E-state index contributed by atoms with van der Waals surface area (Å²) >= 11 is 0. The van der Waals surface area contributed by atoms with Gasteiger partial charge in [0.15, 0.2) is 6.30 Å². The lowest BCUT2D eigenvalue weighted by molar-refractivity contribution is 0.0697. The van der Waals surface area contributed by atoms with Gasteiger partial charge in [-0.1, -0.05) is 6.92 Å². The van der Waals surface area contributed by atoms with Crippen LogP contribution in [0.2, 0.25) is 0 Å². The van der Waals surface area contributed by atoms with E-state index in [2.05, 4.69) is 21.8 Å². The van der Waals surface area contributed by atoms with Gasteiger partial charge in [-0.2, -0.15) is 0 Å². The molecule has 5 heteroatoms. The molecule has 0 saturated carbocycles. The minimum atomic E-state index is -0.855. The Morgan fingerprint density at radius 3 is 2.47 bits per heavy atom. The van der Waals surface area contributed by atoms with Gasteiger partial charge in [0, 0.05) is 38.6 Å². The molecule has 1 aliphatic heterocycles. The fourth-order valence-corrected chi connectivity index (χ4v) is 2.01. The van der Waals surface area contributed by atoms with Crippen LogP contribution in [0.15, 0.2) is 18.5 Å². The molecule has 0 N–H and O–H groups in total. The molecule has 1 aromatic heterocycles.